The molecule has 1 aromatic carbocycles. The average molecular weight is 319 g/mol. The summed E-state index contributed by atoms with van der Waals surface area (Å²) < 4.78 is 0. The summed E-state index contributed by atoms with van der Waals surface area (Å²) in [6, 6.07) is 5.61. The lowest BCUT2D eigenvalue weighted by atomic mass is 9.97. The van der Waals surface area contributed by atoms with Crippen molar-refractivity contribution >= 4 is 29.3 Å². The van der Waals surface area contributed by atoms with Crippen LogP contribution in [0.2, 0.25) is 0 Å². The van der Waals surface area contributed by atoms with Gasteiger partial charge in [-0.15, -0.1) is 11.8 Å². The first-order valence-corrected chi connectivity index (χ1v) is 8.66. The van der Waals surface area contributed by atoms with Crippen LogP contribution in [0.5, 0.6) is 0 Å². The zero-order chi connectivity index (χ0) is 15.5. The molecule has 2 amide bonds. The molecule has 0 aliphatic carbocycles. The molecule has 1 aromatic rings. The van der Waals surface area contributed by atoms with Gasteiger partial charge in [0, 0.05) is 23.5 Å². The predicted octanol–water partition coefficient (Wildman–Crippen LogP) is 1.80. The van der Waals surface area contributed by atoms with Gasteiger partial charge in [-0.2, -0.15) is 0 Å². The molecule has 0 saturated carbocycles. The van der Waals surface area contributed by atoms with Gasteiger partial charge in [-0.3, -0.25) is 9.59 Å². The van der Waals surface area contributed by atoms with Crippen molar-refractivity contribution in [3.63, 3.8) is 0 Å². The Bertz CT molecular complexity index is 589. The van der Waals surface area contributed by atoms with Crippen molar-refractivity contribution in [2.75, 3.05) is 37.8 Å². The molecule has 1 unspecified atom stereocenters. The molecule has 0 bridgehead atoms. The number of nitrogens with one attached hydrogen (secondary N) is 2. The topological polar surface area (TPSA) is 61.4 Å². The summed E-state index contributed by atoms with van der Waals surface area (Å²) in [7, 11) is 1.95. The van der Waals surface area contributed by atoms with Crippen LogP contribution in [0.15, 0.2) is 23.1 Å². The van der Waals surface area contributed by atoms with Crippen LogP contribution in [0, 0.1) is 5.92 Å². The van der Waals surface area contributed by atoms with E-state index in [4.69, 9.17) is 0 Å². The van der Waals surface area contributed by atoms with Crippen molar-refractivity contribution in [3.8, 4) is 0 Å². The number of hydrogen-bond acceptors (Lipinski definition) is 4. The average Bonchev–Trinajstić information content (AvgIpc) is 2.54. The lowest BCUT2D eigenvalue weighted by Gasteiger charge is -2.33. The molecule has 1 saturated heterocycles. The first kappa shape index (κ1) is 15.4. The fraction of sp³-hybridized carbons (Fsp3) is 0.500. The summed E-state index contributed by atoms with van der Waals surface area (Å²) in [6.45, 7) is 2.57. The van der Waals surface area contributed by atoms with Gasteiger partial charge in [0.05, 0.1) is 11.4 Å². The molecule has 0 radical (unpaired) electrons. The first-order chi connectivity index (χ1) is 10.7. The first-order valence-electron chi connectivity index (χ1n) is 7.68. The number of carbonyl (C=O) groups is 2. The molecule has 3 rings (SSSR count). The van der Waals surface area contributed by atoms with Gasteiger partial charge < -0.3 is 15.5 Å². The van der Waals surface area contributed by atoms with Gasteiger partial charge in [0.25, 0.3) is 5.91 Å². The summed E-state index contributed by atoms with van der Waals surface area (Å²) in [5.41, 5.74) is 1.42. The van der Waals surface area contributed by atoms with Crippen LogP contribution < -0.4 is 10.6 Å². The van der Waals surface area contributed by atoms with E-state index < -0.39 is 0 Å². The molecule has 0 aromatic heterocycles. The van der Waals surface area contributed by atoms with Gasteiger partial charge in [0.2, 0.25) is 5.91 Å². The summed E-state index contributed by atoms with van der Waals surface area (Å²) in [5, 5.41) is 6.04. The third kappa shape index (κ3) is 3.28. The van der Waals surface area contributed by atoms with Crippen molar-refractivity contribution in [3.05, 3.63) is 23.8 Å². The van der Waals surface area contributed by atoms with Gasteiger partial charge in [-0.1, -0.05) is 0 Å². The standard InChI is InChI=1S/C16H21N3O2S/c1-17-8-11-3-2-6-19(9-11)16(21)12-4-5-14-13(7-12)18-15(20)10-22-14/h4-5,7,11,17H,2-3,6,8-10H2,1H3,(H,18,20). The second-order valence-corrected chi connectivity index (χ2v) is 6.88. The molecule has 1 fully saturated rings. The second kappa shape index (κ2) is 6.71. The van der Waals surface area contributed by atoms with Crippen LogP contribution in [-0.4, -0.2) is 49.1 Å². The Labute approximate surface area is 134 Å². The number of piperidine rings is 1. The van der Waals surface area contributed by atoms with E-state index in [1.165, 1.54) is 18.2 Å². The van der Waals surface area contributed by atoms with Crippen LogP contribution in [-0.2, 0) is 4.79 Å². The molecule has 2 heterocycles. The van der Waals surface area contributed by atoms with Crippen molar-refractivity contribution < 1.29 is 9.59 Å². The molecular weight excluding hydrogens is 298 g/mol. The molecule has 2 N–H and O–H groups in total. The van der Waals surface area contributed by atoms with E-state index in [2.05, 4.69) is 10.6 Å². The number of hydrogen-bond donors (Lipinski definition) is 2. The number of thioether (sulfide) groups is 1. The van der Waals surface area contributed by atoms with Crippen LogP contribution in [0.25, 0.3) is 0 Å². The van der Waals surface area contributed by atoms with Crippen molar-refractivity contribution in [1.82, 2.24) is 10.2 Å². The van der Waals surface area contributed by atoms with Gasteiger partial charge in [-0.25, -0.2) is 0 Å². The highest BCUT2D eigenvalue weighted by Crippen LogP contribution is 2.32. The zero-order valence-electron chi connectivity index (χ0n) is 12.7. The van der Waals surface area contributed by atoms with E-state index in [-0.39, 0.29) is 11.8 Å². The van der Waals surface area contributed by atoms with Crippen molar-refractivity contribution in [2.24, 2.45) is 5.92 Å². The monoisotopic (exact) mass is 319 g/mol. The summed E-state index contributed by atoms with van der Waals surface area (Å²) in [4.78, 5) is 27.2. The fourth-order valence-electron chi connectivity index (χ4n) is 3.10. The molecule has 0 spiro atoms. The smallest absolute Gasteiger partial charge is 0.253 e. The Balaban J connectivity index is 1.74. The highest BCUT2D eigenvalue weighted by Gasteiger charge is 2.25. The lowest BCUT2D eigenvalue weighted by molar-refractivity contribution is -0.113. The molecule has 5 nitrogen and oxygen atoms in total. The highest BCUT2D eigenvalue weighted by atomic mass is 32.2. The molecule has 2 aliphatic heterocycles. The molecule has 118 valence electrons. The van der Waals surface area contributed by atoms with E-state index in [1.54, 1.807) is 0 Å². The minimum Gasteiger partial charge on any atom is -0.338 e. The second-order valence-electron chi connectivity index (χ2n) is 5.86. The molecule has 6 heteroatoms. The Morgan fingerprint density at radius 1 is 1.50 bits per heavy atom. The number of benzene rings is 1. The number of anilines is 1. The quantitative estimate of drug-likeness (QED) is 0.892. The summed E-state index contributed by atoms with van der Waals surface area (Å²) in [6.07, 6.45) is 2.22. The summed E-state index contributed by atoms with van der Waals surface area (Å²) >= 11 is 1.51. The largest absolute Gasteiger partial charge is 0.338 e. The number of carbonyl (C=O) groups excluding carboxylic acids is 2. The van der Waals surface area contributed by atoms with E-state index in [0.717, 1.165) is 36.6 Å². The number of nitrogens with zero attached hydrogens (tertiary/aromatic N) is 1. The van der Waals surface area contributed by atoms with Crippen molar-refractivity contribution in [1.29, 1.82) is 0 Å². The van der Waals surface area contributed by atoms with E-state index >= 15 is 0 Å². The fourth-order valence-corrected chi connectivity index (χ4v) is 3.89. The number of likely N-dealkylation sites (tertiary alicyclic amines) is 1. The van der Waals surface area contributed by atoms with Gasteiger partial charge in [-0.05, 0) is 50.6 Å². The third-order valence-corrected chi connectivity index (χ3v) is 5.23. The maximum Gasteiger partial charge on any atom is 0.253 e. The molecule has 1 atom stereocenters. The number of fused-ring (bicyclic) bond motifs is 1. The van der Waals surface area contributed by atoms with Crippen LogP contribution in [0.3, 0.4) is 0 Å². The van der Waals surface area contributed by atoms with E-state index in [0.29, 0.717) is 17.2 Å². The Hall–Kier alpha value is -1.53. The van der Waals surface area contributed by atoms with Crippen LogP contribution >= 0.6 is 11.8 Å². The Morgan fingerprint density at radius 3 is 3.18 bits per heavy atom. The van der Waals surface area contributed by atoms with Crippen LogP contribution in [0.4, 0.5) is 5.69 Å². The number of amides is 2. The van der Waals surface area contributed by atoms with Gasteiger partial charge in [0.1, 0.15) is 0 Å². The molecule has 22 heavy (non-hydrogen) atoms. The maximum atomic E-state index is 12.7. The zero-order valence-corrected chi connectivity index (χ0v) is 13.5. The lowest BCUT2D eigenvalue weighted by Crippen LogP contribution is -2.42. The van der Waals surface area contributed by atoms with E-state index in [1.807, 2.05) is 30.1 Å². The van der Waals surface area contributed by atoms with Crippen LogP contribution in [0.1, 0.15) is 23.2 Å². The number of rotatable bonds is 3. The van der Waals surface area contributed by atoms with Crippen molar-refractivity contribution in [2.45, 2.75) is 17.7 Å². The minimum atomic E-state index is -0.00541. The maximum absolute atomic E-state index is 12.7. The normalized spacial score (nSPS) is 21.2. The van der Waals surface area contributed by atoms with Gasteiger partial charge >= 0.3 is 0 Å². The summed E-state index contributed by atoms with van der Waals surface area (Å²) in [5.74, 6) is 1.02. The highest BCUT2D eigenvalue weighted by molar-refractivity contribution is 8.00. The SMILES string of the molecule is CNCC1CCCN(C(=O)c2ccc3c(c2)NC(=O)CS3)C1. The van der Waals surface area contributed by atoms with E-state index in [9.17, 15) is 9.59 Å². The molecule has 2 aliphatic rings. The Kier molecular flexibility index (Phi) is 4.69. The van der Waals surface area contributed by atoms with Gasteiger partial charge in [0.15, 0.2) is 0 Å². The predicted molar refractivity (Wildman–Crippen MR) is 88.3 cm³/mol. The Morgan fingerprint density at radius 2 is 2.36 bits per heavy atom. The minimum absolute atomic E-state index is 0.00541. The third-order valence-electron chi connectivity index (χ3n) is 4.16. The molecular formula is C16H21N3O2S.